The van der Waals surface area contributed by atoms with E-state index >= 15 is 0 Å². The lowest BCUT2D eigenvalue weighted by Gasteiger charge is -2.35. The molecule has 4 rings (SSSR count). The third-order valence-corrected chi connectivity index (χ3v) is 5.75. The van der Waals surface area contributed by atoms with Gasteiger partial charge in [0.05, 0.1) is 25.0 Å². The maximum atomic E-state index is 13.0. The Morgan fingerprint density at radius 1 is 1.16 bits per heavy atom. The molecule has 138 valence electrons. The molecule has 4 unspecified atom stereocenters. The maximum absolute atomic E-state index is 13.0. The molecule has 1 aromatic heterocycles. The van der Waals surface area contributed by atoms with Crippen LogP contribution in [0.5, 0.6) is 0 Å². The lowest BCUT2D eigenvalue weighted by atomic mass is 9.82. The molecule has 6 heteroatoms. The van der Waals surface area contributed by atoms with Gasteiger partial charge in [-0.25, -0.2) is 4.79 Å². The van der Waals surface area contributed by atoms with Gasteiger partial charge in [-0.15, -0.1) is 0 Å². The lowest BCUT2D eigenvalue weighted by Crippen LogP contribution is -2.51. The van der Waals surface area contributed by atoms with Gasteiger partial charge in [-0.2, -0.15) is 0 Å². The second-order valence-corrected chi connectivity index (χ2v) is 7.44. The SMILES string of the molecule is O=C(NC1CCCC2OCCC12)N(Cc1ccco1)CC1CCCO1. The van der Waals surface area contributed by atoms with Crippen molar-refractivity contribution in [2.75, 3.05) is 19.8 Å². The molecule has 0 radical (unpaired) electrons. The van der Waals surface area contributed by atoms with Crippen molar-refractivity contribution in [3.8, 4) is 0 Å². The molecule has 1 N–H and O–H groups in total. The molecule has 3 heterocycles. The number of nitrogens with one attached hydrogen (secondary N) is 1. The van der Waals surface area contributed by atoms with Crippen molar-refractivity contribution in [2.45, 2.75) is 63.3 Å². The fraction of sp³-hybridized carbons (Fsp3) is 0.737. The van der Waals surface area contributed by atoms with Crippen molar-refractivity contribution in [3.05, 3.63) is 24.2 Å². The Bertz CT molecular complexity index is 556. The molecule has 2 saturated heterocycles. The highest BCUT2D eigenvalue weighted by Gasteiger charge is 2.39. The predicted molar refractivity (Wildman–Crippen MR) is 92.1 cm³/mol. The van der Waals surface area contributed by atoms with Crippen LogP contribution in [0.15, 0.2) is 22.8 Å². The van der Waals surface area contributed by atoms with Gasteiger partial charge in [-0.1, -0.05) is 0 Å². The molecule has 3 fully saturated rings. The molecule has 2 amide bonds. The van der Waals surface area contributed by atoms with E-state index in [1.54, 1.807) is 6.26 Å². The number of amides is 2. The van der Waals surface area contributed by atoms with Gasteiger partial charge in [0.1, 0.15) is 5.76 Å². The molecule has 1 aromatic rings. The first-order valence-corrected chi connectivity index (χ1v) is 9.60. The fourth-order valence-electron chi connectivity index (χ4n) is 4.45. The van der Waals surface area contributed by atoms with E-state index < -0.39 is 0 Å². The smallest absolute Gasteiger partial charge is 0.318 e. The molecule has 4 atom stereocenters. The first-order valence-electron chi connectivity index (χ1n) is 9.60. The average Bonchev–Trinajstić information content (AvgIpc) is 3.37. The van der Waals surface area contributed by atoms with Crippen molar-refractivity contribution in [2.24, 2.45) is 5.92 Å². The number of carbonyl (C=O) groups is 1. The summed E-state index contributed by atoms with van der Waals surface area (Å²) < 4.78 is 17.0. The summed E-state index contributed by atoms with van der Waals surface area (Å²) in [6.07, 6.45) is 8.56. The number of rotatable bonds is 5. The van der Waals surface area contributed by atoms with Gasteiger partial charge in [0.2, 0.25) is 0 Å². The van der Waals surface area contributed by atoms with E-state index in [0.717, 1.165) is 57.5 Å². The number of furan rings is 1. The molecule has 25 heavy (non-hydrogen) atoms. The first-order chi connectivity index (χ1) is 12.3. The van der Waals surface area contributed by atoms with Crippen LogP contribution in [-0.4, -0.2) is 48.9 Å². The van der Waals surface area contributed by atoms with E-state index in [-0.39, 0.29) is 18.2 Å². The van der Waals surface area contributed by atoms with E-state index in [2.05, 4.69) is 5.32 Å². The maximum Gasteiger partial charge on any atom is 0.318 e. The Morgan fingerprint density at radius 2 is 2.12 bits per heavy atom. The van der Waals surface area contributed by atoms with Gasteiger partial charge in [0, 0.05) is 31.7 Å². The van der Waals surface area contributed by atoms with Crippen LogP contribution in [0.4, 0.5) is 4.79 Å². The summed E-state index contributed by atoms with van der Waals surface area (Å²) in [4.78, 5) is 14.8. The van der Waals surface area contributed by atoms with Gasteiger partial charge in [0.25, 0.3) is 0 Å². The molecule has 0 aromatic carbocycles. The van der Waals surface area contributed by atoms with Crippen LogP contribution in [0.2, 0.25) is 0 Å². The van der Waals surface area contributed by atoms with Crippen molar-refractivity contribution in [1.29, 1.82) is 0 Å². The second kappa shape index (κ2) is 7.79. The molecular formula is C19H28N2O4. The predicted octanol–water partition coefficient (Wildman–Crippen LogP) is 2.93. The van der Waals surface area contributed by atoms with E-state index in [9.17, 15) is 4.79 Å². The number of nitrogens with zero attached hydrogens (tertiary/aromatic N) is 1. The minimum Gasteiger partial charge on any atom is -0.467 e. The molecule has 0 spiro atoms. The summed E-state index contributed by atoms with van der Waals surface area (Å²) in [7, 11) is 0. The van der Waals surface area contributed by atoms with Crippen LogP contribution in [-0.2, 0) is 16.0 Å². The number of ether oxygens (including phenoxy) is 2. The zero-order valence-electron chi connectivity index (χ0n) is 14.7. The zero-order valence-corrected chi connectivity index (χ0v) is 14.7. The van der Waals surface area contributed by atoms with Crippen LogP contribution in [0.25, 0.3) is 0 Å². The molecule has 1 aliphatic carbocycles. The summed E-state index contributed by atoms with van der Waals surface area (Å²) in [6, 6.07) is 3.98. The molecule has 6 nitrogen and oxygen atoms in total. The largest absolute Gasteiger partial charge is 0.467 e. The molecule has 2 aliphatic heterocycles. The van der Waals surface area contributed by atoms with Crippen molar-refractivity contribution >= 4 is 6.03 Å². The van der Waals surface area contributed by atoms with Gasteiger partial charge in [-0.05, 0) is 50.7 Å². The summed E-state index contributed by atoms with van der Waals surface area (Å²) >= 11 is 0. The highest BCUT2D eigenvalue weighted by atomic mass is 16.5. The van der Waals surface area contributed by atoms with Crippen LogP contribution < -0.4 is 5.32 Å². The van der Waals surface area contributed by atoms with Crippen LogP contribution in [0.3, 0.4) is 0 Å². The summed E-state index contributed by atoms with van der Waals surface area (Å²) in [5.74, 6) is 1.27. The summed E-state index contributed by atoms with van der Waals surface area (Å²) in [5, 5.41) is 3.29. The summed E-state index contributed by atoms with van der Waals surface area (Å²) in [6.45, 7) is 2.72. The Kier molecular flexibility index (Phi) is 5.27. The number of urea groups is 1. The van der Waals surface area contributed by atoms with Crippen molar-refractivity contribution < 1.29 is 18.7 Å². The Hall–Kier alpha value is -1.53. The molecule has 1 saturated carbocycles. The first kappa shape index (κ1) is 16.9. The number of hydrogen-bond donors (Lipinski definition) is 1. The fourth-order valence-corrected chi connectivity index (χ4v) is 4.45. The zero-order chi connectivity index (χ0) is 17.1. The molecular weight excluding hydrogens is 320 g/mol. The van der Waals surface area contributed by atoms with Crippen LogP contribution in [0.1, 0.15) is 44.3 Å². The average molecular weight is 348 g/mol. The van der Waals surface area contributed by atoms with Crippen molar-refractivity contribution in [3.63, 3.8) is 0 Å². The van der Waals surface area contributed by atoms with Gasteiger partial charge >= 0.3 is 6.03 Å². The van der Waals surface area contributed by atoms with Crippen molar-refractivity contribution in [1.82, 2.24) is 10.2 Å². The number of carbonyl (C=O) groups excluding carboxylic acids is 1. The Labute approximate surface area is 148 Å². The topological polar surface area (TPSA) is 63.9 Å². The van der Waals surface area contributed by atoms with Crippen LogP contribution in [0, 0.1) is 5.92 Å². The third-order valence-electron chi connectivity index (χ3n) is 5.75. The Balaban J connectivity index is 1.40. The Morgan fingerprint density at radius 3 is 2.92 bits per heavy atom. The molecule has 0 bridgehead atoms. The minimum atomic E-state index is -0.00977. The minimum absolute atomic E-state index is 0.00977. The van der Waals surface area contributed by atoms with Gasteiger partial charge in [-0.3, -0.25) is 0 Å². The summed E-state index contributed by atoms with van der Waals surface area (Å²) in [5.41, 5.74) is 0. The highest BCUT2D eigenvalue weighted by molar-refractivity contribution is 5.74. The number of fused-ring (bicyclic) bond motifs is 1. The monoisotopic (exact) mass is 348 g/mol. The van der Waals surface area contributed by atoms with Gasteiger partial charge in [0.15, 0.2) is 0 Å². The standard InChI is InChI=1S/C19H28N2O4/c22-19(20-17-6-1-7-18-16(17)8-11-25-18)21(12-14-4-2-9-23-14)13-15-5-3-10-24-15/h2,4,9,15-18H,1,3,5-8,10-13H2,(H,20,22). The van der Waals surface area contributed by atoms with Crippen LogP contribution >= 0.6 is 0 Å². The lowest BCUT2D eigenvalue weighted by molar-refractivity contribution is 0.0510. The van der Waals surface area contributed by atoms with E-state index in [1.165, 1.54) is 0 Å². The third kappa shape index (κ3) is 4.01. The number of hydrogen-bond acceptors (Lipinski definition) is 4. The quantitative estimate of drug-likeness (QED) is 0.889. The normalized spacial score (nSPS) is 31.7. The van der Waals surface area contributed by atoms with Gasteiger partial charge < -0.3 is 24.1 Å². The van der Waals surface area contributed by atoms with E-state index in [1.807, 2.05) is 17.0 Å². The second-order valence-electron chi connectivity index (χ2n) is 7.44. The van der Waals surface area contributed by atoms with E-state index in [4.69, 9.17) is 13.9 Å². The van der Waals surface area contributed by atoms with E-state index in [0.29, 0.717) is 25.1 Å². The molecule has 3 aliphatic rings. The highest BCUT2D eigenvalue weighted by Crippen LogP contribution is 2.34.